The molecule has 4 nitrogen and oxygen atoms in total. The van der Waals surface area contributed by atoms with Crippen molar-refractivity contribution in [2.75, 3.05) is 0 Å². The number of benzene rings is 1. The van der Waals surface area contributed by atoms with Crippen LogP contribution in [0.4, 0.5) is 17.6 Å². The van der Waals surface area contributed by atoms with E-state index in [0.717, 1.165) is 17.7 Å². The van der Waals surface area contributed by atoms with Crippen LogP contribution >= 0.6 is 0 Å². The highest BCUT2D eigenvalue weighted by Gasteiger charge is 2.34. The average Bonchev–Trinajstić information content (AvgIpc) is 2.98. The van der Waals surface area contributed by atoms with Gasteiger partial charge in [0.1, 0.15) is 5.82 Å². The number of alkyl halides is 3. The Kier molecular flexibility index (Phi) is 3.57. The highest BCUT2D eigenvalue weighted by molar-refractivity contribution is 5.82. The molecule has 1 aliphatic rings. The van der Waals surface area contributed by atoms with Crippen LogP contribution in [0.25, 0.3) is 11.2 Å². The Hall–Kier alpha value is -3.16. The predicted octanol–water partition coefficient (Wildman–Crippen LogP) is 4.14. The molecule has 0 amide bonds. The van der Waals surface area contributed by atoms with Crippen LogP contribution in [-0.4, -0.2) is 19.7 Å². The van der Waals surface area contributed by atoms with Gasteiger partial charge in [0.05, 0.1) is 17.5 Å². The second kappa shape index (κ2) is 5.69. The van der Waals surface area contributed by atoms with E-state index in [-0.39, 0.29) is 17.9 Å². The summed E-state index contributed by atoms with van der Waals surface area (Å²) >= 11 is 0. The first-order valence-electron chi connectivity index (χ1n) is 7.64. The maximum Gasteiger partial charge on any atom is 0.419 e. The summed E-state index contributed by atoms with van der Waals surface area (Å²) in [5, 5.41) is 14.5. The molecule has 0 radical (unpaired) electrons. The molecule has 1 aromatic carbocycles. The van der Waals surface area contributed by atoms with E-state index in [0.29, 0.717) is 16.9 Å². The van der Waals surface area contributed by atoms with Crippen molar-refractivity contribution in [3.05, 3.63) is 76.9 Å². The van der Waals surface area contributed by atoms with Crippen molar-refractivity contribution in [2.45, 2.75) is 12.6 Å². The standard InChI is InChI=1S/C18H11F4N3O/c19-14-5-4-10(9-13(14)18(20,21)22)8-12-16(11-2-1-3-11)24-15-6-7-23-25(15)17(12)26/h1-7,9,26H,8H2. The summed E-state index contributed by atoms with van der Waals surface area (Å²) < 4.78 is 53.6. The van der Waals surface area contributed by atoms with Crippen molar-refractivity contribution in [3.8, 4) is 5.88 Å². The van der Waals surface area contributed by atoms with Gasteiger partial charge in [-0.1, -0.05) is 24.3 Å². The zero-order valence-corrected chi connectivity index (χ0v) is 13.1. The maximum atomic E-state index is 13.5. The largest absolute Gasteiger partial charge is 0.493 e. The van der Waals surface area contributed by atoms with Crippen molar-refractivity contribution in [1.29, 1.82) is 0 Å². The topological polar surface area (TPSA) is 50.4 Å². The smallest absolute Gasteiger partial charge is 0.419 e. The van der Waals surface area contributed by atoms with Gasteiger partial charge in [-0.05, 0) is 17.7 Å². The van der Waals surface area contributed by atoms with Gasteiger partial charge in [0.2, 0.25) is 5.88 Å². The van der Waals surface area contributed by atoms with Crippen molar-refractivity contribution in [2.24, 2.45) is 0 Å². The van der Waals surface area contributed by atoms with E-state index in [9.17, 15) is 22.7 Å². The number of fused-ring (bicyclic) bond motifs is 1. The molecule has 8 heteroatoms. The van der Waals surface area contributed by atoms with E-state index in [1.54, 1.807) is 24.3 Å². The van der Waals surface area contributed by atoms with E-state index in [1.165, 1.54) is 16.8 Å². The fourth-order valence-electron chi connectivity index (χ4n) is 2.82. The van der Waals surface area contributed by atoms with Gasteiger partial charge in [-0.15, -0.1) is 0 Å². The van der Waals surface area contributed by atoms with Gasteiger partial charge >= 0.3 is 6.18 Å². The maximum absolute atomic E-state index is 13.5. The second-order valence-corrected chi connectivity index (χ2v) is 5.83. The van der Waals surface area contributed by atoms with Gasteiger partial charge in [-0.3, -0.25) is 0 Å². The summed E-state index contributed by atoms with van der Waals surface area (Å²) in [4.78, 5) is 4.43. The third kappa shape index (κ3) is 2.63. The first-order chi connectivity index (χ1) is 12.3. The van der Waals surface area contributed by atoms with Gasteiger partial charge < -0.3 is 5.11 Å². The van der Waals surface area contributed by atoms with Crippen LogP contribution in [0.15, 0.2) is 48.7 Å². The molecule has 0 atom stereocenters. The molecule has 132 valence electrons. The van der Waals surface area contributed by atoms with Gasteiger partial charge in [0.25, 0.3) is 0 Å². The lowest BCUT2D eigenvalue weighted by Gasteiger charge is -2.16. The molecule has 26 heavy (non-hydrogen) atoms. The minimum Gasteiger partial charge on any atom is -0.493 e. The van der Waals surface area contributed by atoms with Crippen LogP contribution in [0.5, 0.6) is 5.88 Å². The molecule has 3 aromatic rings. The molecule has 0 saturated carbocycles. The van der Waals surface area contributed by atoms with Crippen LogP contribution in [0.2, 0.25) is 0 Å². The Morgan fingerprint density at radius 3 is 2.58 bits per heavy atom. The van der Waals surface area contributed by atoms with Crippen LogP contribution < -0.4 is 0 Å². The summed E-state index contributed by atoms with van der Waals surface area (Å²) in [6.07, 6.45) is 1.96. The van der Waals surface area contributed by atoms with E-state index >= 15 is 0 Å². The Morgan fingerprint density at radius 1 is 1.15 bits per heavy atom. The molecule has 0 fully saturated rings. The van der Waals surface area contributed by atoms with Crippen LogP contribution in [0, 0.1) is 5.82 Å². The highest BCUT2D eigenvalue weighted by Crippen LogP contribution is 2.35. The number of aromatic hydroxyl groups is 1. The number of hydrogen-bond acceptors (Lipinski definition) is 3. The third-order valence-electron chi connectivity index (χ3n) is 4.15. The van der Waals surface area contributed by atoms with Crippen molar-refractivity contribution in [3.63, 3.8) is 0 Å². The summed E-state index contributed by atoms with van der Waals surface area (Å²) in [5.74, 6) is -1.55. The average molecular weight is 361 g/mol. The zero-order chi connectivity index (χ0) is 18.5. The van der Waals surface area contributed by atoms with Crippen LogP contribution in [0.1, 0.15) is 22.4 Å². The lowest BCUT2D eigenvalue weighted by molar-refractivity contribution is -0.140. The molecular weight excluding hydrogens is 350 g/mol. The fraction of sp³-hybridized carbons (Fsp3) is 0.111. The summed E-state index contributed by atoms with van der Waals surface area (Å²) in [6, 6.07) is 4.38. The van der Waals surface area contributed by atoms with E-state index in [2.05, 4.69) is 10.1 Å². The van der Waals surface area contributed by atoms with E-state index < -0.39 is 17.6 Å². The second-order valence-electron chi connectivity index (χ2n) is 5.83. The fourth-order valence-corrected chi connectivity index (χ4v) is 2.82. The van der Waals surface area contributed by atoms with Gasteiger partial charge in [-0.25, -0.2) is 9.37 Å². The third-order valence-corrected chi connectivity index (χ3v) is 4.15. The summed E-state index contributed by atoms with van der Waals surface area (Å²) in [6.45, 7) is 0. The van der Waals surface area contributed by atoms with E-state index in [4.69, 9.17) is 0 Å². The molecule has 2 heterocycles. The Labute approximate surface area is 144 Å². The Balaban J connectivity index is 1.84. The molecule has 0 aliphatic heterocycles. The Bertz CT molecular complexity index is 1080. The molecule has 0 bridgehead atoms. The summed E-state index contributed by atoms with van der Waals surface area (Å²) in [5.41, 5.74) is 0.793. The van der Waals surface area contributed by atoms with Gasteiger partial charge in [0.15, 0.2) is 5.65 Å². The zero-order valence-electron chi connectivity index (χ0n) is 13.1. The normalized spacial score (nSPS) is 13.8. The van der Waals surface area contributed by atoms with Crippen LogP contribution in [-0.2, 0) is 12.6 Å². The molecule has 1 N–H and O–H groups in total. The number of hydrogen-bond donors (Lipinski definition) is 1. The number of aromatic nitrogens is 3. The molecule has 1 aliphatic carbocycles. The molecule has 0 spiro atoms. The van der Waals surface area contributed by atoms with Crippen molar-refractivity contribution in [1.82, 2.24) is 14.6 Å². The van der Waals surface area contributed by atoms with Gasteiger partial charge in [-0.2, -0.15) is 22.8 Å². The number of allylic oxidation sites excluding steroid dienone is 4. The Morgan fingerprint density at radius 2 is 1.92 bits per heavy atom. The molecular formula is C18H11F4N3O. The molecule has 0 saturated heterocycles. The van der Waals surface area contributed by atoms with Crippen molar-refractivity contribution >= 4 is 11.2 Å². The SMILES string of the molecule is Oc1c(Cc2ccc(F)c(C(F)(F)F)c2)c(C2=CC=C2)nc2ccnn12. The lowest BCUT2D eigenvalue weighted by atomic mass is 9.95. The summed E-state index contributed by atoms with van der Waals surface area (Å²) in [7, 11) is 0. The monoisotopic (exact) mass is 361 g/mol. The van der Waals surface area contributed by atoms with Crippen molar-refractivity contribution < 1.29 is 22.7 Å². The lowest BCUT2D eigenvalue weighted by Crippen LogP contribution is -2.10. The quantitative estimate of drug-likeness (QED) is 0.714. The predicted molar refractivity (Wildman–Crippen MR) is 86.0 cm³/mol. The van der Waals surface area contributed by atoms with E-state index in [1.807, 2.05) is 0 Å². The number of nitrogens with zero attached hydrogens (tertiary/aromatic N) is 3. The first-order valence-corrected chi connectivity index (χ1v) is 7.64. The number of halogens is 4. The van der Waals surface area contributed by atoms with Gasteiger partial charge in [0, 0.05) is 23.6 Å². The molecule has 4 rings (SSSR count). The molecule has 2 aromatic heterocycles. The van der Waals surface area contributed by atoms with Crippen LogP contribution in [0.3, 0.4) is 0 Å². The minimum absolute atomic E-state index is 0.0570. The first kappa shape index (κ1) is 16.3. The molecule has 0 unspecified atom stereocenters. The minimum atomic E-state index is -4.80. The highest BCUT2D eigenvalue weighted by atomic mass is 19.4. The number of rotatable bonds is 3.